The van der Waals surface area contributed by atoms with Crippen LogP contribution in [0, 0.1) is 0 Å². The van der Waals surface area contributed by atoms with Gasteiger partial charge < -0.3 is 10.2 Å². The molecule has 0 spiro atoms. The van der Waals surface area contributed by atoms with Gasteiger partial charge in [0.05, 0.1) is 11.9 Å². The van der Waals surface area contributed by atoms with Gasteiger partial charge in [-0.25, -0.2) is 4.98 Å². The van der Waals surface area contributed by atoms with Crippen LogP contribution in [0.2, 0.25) is 0 Å². The number of hydrogen-bond donors (Lipinski definition) is 1. The number of aromatic nitrogens is 1. The van der Waals surface area contributed by atoms with Crippen LogP contribution in [0.4, 0.5) is 5.69 Å². The Labute approximate surface area is 116 Å². The molecule has 0 aliphatic carbocycles. The summed E-state index contributed by atoms with van der Waals surface area (Å²) >= 11 is 0. The second kappa shape index (κ2) is 7.77. The van der Waals surface area contributed by atoms with Crippen molar-refractivity contribution >= 4 is 11.6 Å². The van der Waals surface area contributed by atoms with E-state index in [1.807, 2.05) is 13.1 Å². The molecule has 0 radical (unpaired) electrons. The highest BCUT2D eigenvalue weighted by Gasteiger charge is 2.17. The summed E-state index contributed by atoms with van der Waals surface area (Å²) in [6.45, 7) is 7.23. The smallest absolute Gasteiger partial charge is 0.272 e. The molecule has 1 amide bonds. The van der Waals surface area contributed by atoms with Crippen molar-refractivity contribution in [2.45, 2.75) is 46.1 Å². The SMILES string of the molecule is CCCNc1ccc(C(=O)N(C)C(C)CCC)nc1. The summed E-state index contributed by atoms with van der Waals surface area (Å²) in [7, 11) is 1.84. The standard InChI is InChI=1S/C15H25N3O/c1-5-7-12(3)18(4)15(19)14-9-8-13(11-17-14)16-10-6-2/h8-9,11-12,16H,5-7,10H2,1-4H3. The van der Waals surface area contributed by atoms with Gasteiger partial charge in [-0.3, -0.25) is 4.79 Å². The molecule has 1 aromatic heterocycles. The van der Waals surface area contributed by atoms with E-state index in [-0.39, 0.29) is 11.9 Å². The molecule has 106 valence electrons. The quantitative estimate of drug-likeness (QED) is 0.822. The van der Waals surface area contributed by atoms with E-state index in [4.69, 9.17) is 0 Å². The maximum Gasteiger partial charge on any atom is 0.272 e. The largest absolute Gasteiger partial charge is 0.384 e. The lowest BCUT2D eigenvalue weighted by Gasteiger charge is -2.24. The van der Waals surface area contributed by atoms with Gasteiger partial charge in [-0.15, -0.1) is 0 Å². The Balaban J connectivity index is 2.66. The van der Waals surface area contributed by atoms with Crippen molar-refractivity contribution in [1.29, 1.82) is 0 Å². The highest BCUT2D eigenvalue weighted by atomic mass is 16.2. The summed E-state index contributed by atoms with van der Waals surface area (Å²) < 4.78 is 0. The number of nitrogens with zero attached hydrogens (tertiary/aromatic N) is 2. The van der Waals surface area contributed by atoms with Gasteiger partial charge in [-0.05, 0) is 31.9 Å². The molecular formula is C15H25N3O. The summed E-state index contributed by atoms with van der Waals surface area (Å²) in [4.78, 5) is 18.2. The third kappa shape index (κ3) is 4.54. The molecule has 4 heteroatoms. The first-order valence-corrected chi connectivity index (χ1v) is 7.07. The van der Waals surface area contributed by atoms with Gasteiger partial charge in [-0.2, -0.15) is 0 Å². The lowest BCUT2D eigenvalue weighted by Crippen LogP contribution is -2.35. The zero-order chi connectivity index (χ0) is 14.3. The number of anilines is 1. The Morgan fingerprint density at radius 2 is 2.11 bits per heavy atom. The van der Waals surface area contributed by atoms with Crippen molar-refractivity contribution in [3.05, 3.63) is 24.0 Å². The predicted octanol–water partition coefficient (Wildman–Crippen LogP) is 3.16. The van der Waals surface area contributed by atoms with Crippen molar-refractivity contribution in [2.75, 3.05) is 18.9 Å². The summed E-state index contributed by atoms with van der Waals surface area (Å²) in [5.41, 5.74) is 1.47. The first-order chi connectivity index (χ1) is 9.10. The molecule has 1 aromatic rings. The molecule has 0 saturated heterocycles. The second-order valence-corrected chi connectivity index (χ2v) is 4.91. The minimum absolute atomic E-state index is 0.0111. The number of nitrogens with one attached hydrogen (secondary N) is 1. The van der Waals surface area contributed by atoms with E-state index in [0.29, 0.717) is 5.69 Å². The first-order valence-electron chi connectivity index (χ1n) is 7.07. The Kier molecular flexibility index (Phi) is 6.33. The summed E-state index contributed by atoms with van der Waals surface area (Å²) in [6.07, 6.45) is 4.88. The first kappa shape index (κ1) is 15.5. The molecule has 0 aliphatic rings. The fraction of sp³-hybridized carbons (Fsp3) is 0.600. The Morgan fingerprint density at radius 1 is 1.37 bits per heavy atom. The van der Waals surface area contributed by atoms with Crippen LogP contribution in [0.3, 0.4) is 0 Å². The van der Waals surface area contributed by atoms with E-state index >= 15 is 0 Å². The average molecular weight is 263 g/mol. The minimum Gasteiger partial charge on any atom is -0.384 e. The van der Waals surface area contributed by atoms with Gasteiger partial charge in [0.2, 0.25) is 0 Å². The van der Waals surface area contributed by atoms with E-state index < -0.39 is 0 Å². The summed E-state index contributed by atoms with van der Waals surface area (Å²) in [6, 6.07) is 3.95. The van der Waals surface area contributed by atoms with Gasteiger partial charge >= 0.3 is 0 Å². The lowest BCUT2D eigenvalue weighted by molar-refractivity contribution is 0.0731. The zero-order valence-corrected chi connectivity index (χ0v) is 12.4. The number of carbonyl (C=O) groups excluding carboxylic acids is 1. The third-order valence-electron chi connectivity index (χ3n) is 3.25. The van der Waals surface area contributed by atoms with Crippen LogP contribution in [-0.2, 0) is 0 Å². The molecule has 1 heterocycles. The molecule has 1 unspecified atom stereocenters. The fourth-order valence-electron chi connectivity index (χ4n) is 1.89. The van der Waals surface area contributed by atoms with Crippen molar-refractivity contribution in [3.63, 3.8) is 0 Å². The zero-order valence-electron chi connectivity index (χ0n) is 12.4. The Morgan fingerprint density at radius 3 is 2.63 bits per heavy atom. The van der Waals surface area contributed by atoms with E-state index in [2.05, 4.69) is 31.1 Å². The Hall–Kier alpha value is -1.58. The molecule has 0 fully saturated rings. The van der Waals surface area contributed by atoms with Crippen LogP contribution in [0.1, 0.15) is 50.5 Å². The molecule has 1 N–H and O–H groups in total. The van der Waals surface area contributed by atoms with Gasteiger partial charge in [0.15, 0.2) is 0 Å². The molecule has 4 nitrogen and oxygen atoms in total. The van der Waals surface area contributed by atoms with Crippen molar-refractivity contribution in [3.8, 4) is 0 Å². The predicted molar refractivity (Wildman–Crippen MR) is 79.5 cm³/mol. The van der Waals surface area contributed by atoms with Crippen LogP contribution in [0.25, 0.3) is 0 Å². The molecule has 0 bridgehead atoms. The number of amides is 1. The van der Waals surface area contributed by atoms with E-state index in [0.717, 1.165) is 31.5 Å². The summed E-state index contributed by atoms with van der Waals surface area (Å²) in [5, 5.41) is 3.25. The Bertz CT molecular complexity index is 389. The molecular weight excluding hydrogens is 238 g/mol. The molecule has 19 heavy (non-hydrogen) atoms. The molecule has 0 aromatic carbocycles. The highest BCUT2D eigenvalue weighted by Crippen LogP contribution is 2.11. The van der Waals surface area contributed by atoms with Crippen LogP contribution in [0.5, 0.6) is 0 Å². The second-order valence-electron chi connectivity index (χ2n) is 4.91. The van der Waals surface area contributed by atoms with Crippen LogP contribution >= 0.6 is 0 Å². The molecule has 0 saturated carbocycles. The maximum atomic E-state index is 12.2. The fourth-order valence-corrected chi connectivity index (χ4v) is 1.89. The van der Waals surface area contributed by atoms with Crippen LogP contribution < -0.4 is 5.32 Å². The number of rotatable bonds is 7. The average Bonchev–Trinajstić information content (AvgIpc) is 2.44. The van der Waals surface area contributed by atoms with Crippen LogP contribution in [-0.4, -0.2) is 35.4 Å². The van der Waals surface area contributed by atoms with Crippen molar-refractivity contribution < 1.29 is 4.79 Å². The molecule has 1 atom stereocenters. The van der Waals surface area contributed by atoms with Crippen LogP contribution in [0.15, 0.2) is 18.3 Å². The van der Waals surface area contributed by atoms with E-state index in [1.165, 1.54) is 0 Å². The topological polar surface area (TPSA) is 45.2 Å². The minimum atomic E-state index is -0.0111. The molecule has 1 rings (SSSR count). The highest BCUT2D eigenvalue weighted by molar-refractivity contribution is 5.92. The van der Waals surface area contributed by atoms with Crippen molar-refractivity contribution in [2.24, 2.45) is 0 Å². The van der Waals surface area contributed by atoms with Gasteiger partial charge in [0.1, 0.15) is 5.69 Å². The van der Waals surface area contributed by atoms with E-state index in [9.17, 15) is 4.79 Å². The number of pyridine rings is 1. The number of carbonyl (C=O) groups is 1. The van der Waals surface area contributed by atoms with Gasteiger partial charge in [0, 0.05) is 19.6 Å². The van der Waals surface area contributed by atoms with E-state index in [1.54, 1.807) is 17.2 Å². The lowest BCUT2D eigenvalue weighted by atomic mass is 10.1. The monoisotopic (exact) mass is 263 g/mol. The van der Waals surface area contributed by atoms with Crippen molar-refractivity contribution in [1.82, 2.24) is 9.88 Å². The van der Waals surface area contributed by atoms with Gasteiger partial charge in [0.25, 0.3) is 5.91 Å². The maximum absolute atomic E-state index is 12.2. The number of hydrogen-bond acceptors (Lipinski definition) is 3. The van der Waals surface area contributed by atoms with Gasteiger partial charge in [-0.1, -0.05) is 20.3 Å². The molecule has 0 aliphatic heterocycles. The summed E-state index contributed by atoms with van der Waals surface area (Å²) in [5.74, 6) is -0.0111. The third-order valence-corrected chi connectivity index (χ3v) is 3.25. The normalized spacial score (nSPS) is 12.0.